The summed E-state index contributed by atoms with van der Waals surface area (Å²) >= 11 is 2.92. The molecule has 0 saturated carbocycles. The number of nitrogens with one attached hydrogen (secondary N) is 2. The Balaban J connectivity index is 1.32. The highest BCUT2D eigenvalue weighted by Crippen LogP contribution is 2.31. The van der Waals surface area contributed by atoms with Crippen molar-refractivity contribution in [1.29, 1.82) is 0 Å². The van der Waals surface area contributed by atoms with Crippen LogP contribution in [0.3, 0.4) is 0 Å². The van der Waals surface area contributed by atoms with Gasteiger partial charge in [0, 0.05) is 25.4 Å². The second-order valence-electron chi connectivity index (χ2n) is 7.23. The summed E-state index contributed by atoms with van der Waals surface area (Å²) in [5.74, 6) is 0.310. The molecule has 10 heteroatoms. The predicted octanol–water partition coefficient (Wildman–Crippen LogP) is 2.28. The maximum atomic E-state index is 12.4. The van der Waals surface area contributed by atoms with Gasteiger partial charge in [0.2, 0.25) is 5.91 Å². The molecular weight excluding hydrogens is 412 g/mol. The van der Waals surface area contributed by atoms with Gasteiger partial charge in [-0.2, -0.15) is 0 Å². The summed E-state index contributed by atoms with van der Waals surface area (Å²) in [6.45, 7) is 2.41. The first-order valence-corrected chi connectivity index (χ1v) is 11.5. The fourth-order valence-electron chi connectivity index (χ4n) is 3.36. The largest absolute Gasteiger partial charge is 0.393 e. The zero-order valence-corrected chi connectivity index (χ0v) is 17.6. The van der Waals surface area contributed by atoms with Crippen molar-refractivity contribution in [3.05, 3.63) is 18.2 Å². The lowest BCUT2D eigenvalue weighted by Crippen LogP contribution is -2.42. The number of urea groups is 1. The molecular formula is C19H24N4O4S2. The zero-order chi connectivity index (χ0) is 20.2. The van der Waals surface area contributed by atoms with E-state index in [-0.39, 0.29) is 24.1 Å². The topological polar surface area (TPSA) is 104 Å². The number of piperidine rings is 1. The minimum atomic E-state index is -0.308. The van der Waals surface area contributed by atoms with Crippen LogP contribution in [-0.4, -0.2) is 71.1 Å². The van der Waals surface area contributed by atoms with Gasteiger partial charge in [-0.1, -0.05) is 11.8 Å². The van der Waals surface area contributed by atoms with Gasteiger partial charge in [0.25, 0.3) is 0 Å². The maximum Gasteiger partial charge on any atom is 0.321 e. The second-order valence-corrected chi connectivity index (χ2v) is 9.48. The fourth-order valence-corrected chi connectivity index (χ4v) is 5.28. The van der Waals surface area contributed by atoms with Gasteiger partial charge < -0.3 is 25.4 Å². The summed E-state index contributed by atoms with van der Waals surface area (Å²) in [4.78, 5) is 30.7. The minimum Gasteiger partial charge on any atom is -0.393 e. The van der Waals surface area contributed by atoms with Crippen molar-refractivity contribution in [2.75, 3.05) is 37.4 Å². The molecule has 1 aromatic carbocycles. The number of thioether (sulfide) groups is 1. The summed E-state index contributed by atoms with van der Waals surface area (Å²) in [5, 5.41) is 15.5. The average molecular weight is 437 g/mol. The van der Waals surface area contributed by atoms with Crippen LogP contribution in [0, 0.1) is 0 Å². The Hall–Kier alpha value is -1.88. The molecule has 0 unspecified atom stereocenters. The molecule has 2 saturated heterocycles. The van der Waals surface area contributed by atoms with Crippen molar-refractivity contribution in [1.82, 2.24) is 15.2 Å². The molecule has 3 heterocycles. The summed E-state index contributed by atoms with van der Waals surface area (Å²) in [6, 6.07) is 5.58. The van der Waals surface area contributed by atoms with Crippen molar-refractivity contribution in [2.45, 2.75) is 35.7 Å². The number of aliphatic hydroxyl groups is 1. The molecule has 3 N–H and O–H groups in total. The van der Waals surface area contributed by atoms with E-state index in [1.807, 2.05) is 18.2 Å². The quantitative estimate of drug-likeness (QED) is 0.622. The van der Waals surface area contributed by atoms with E-state index in [0.29, 0.717) is 50.6 Å². The Labute approximate surface area is 177 Å². The van der Waals surface area contributed by atoms with Gasteiger partial charge in [0.15, 0.2) is 4.34 Å². The lowest BCUT2D eigenvalue weighted by atomic mass is 10.1. The number of rotatable bonds is 5. The molecule has 29 heavy (non-hydrogen) atoms. The number of carbonyl (C=O) groups is 2. The van der Waals surface area contributed by atoms with Gasteiger partial charge in [-0.25, -0.2) is 9.78 Å². The Bertz CT molecular complexity index is 876. The van der Waals surface area contributed by atoms with Gasteiger partial charge in [-0.15, -0.1) is 11.3 Å². The molecule has 0 radical (unpaired) electrons. The molecule has 1 atom stereocenters. The number of aliphatic hydroxyl groups excluding tert-OH is 1. The van der Waals surface area contributed by atoms with E-state index in [9.17, 15) is 14.7 Å². The van der Waals surface area contributed by atoms with Gasteiger partial charge in [0.1, 0.15) is 0 Å². The molecule has 1 aromatic heterocycles. The molecule has 0 bridgehead atoms. The van der Waals surface area contributed by atoms with Crippen LogP contribution in [-0.2, 0) is 9.53 Å². The van der Waals surface area contributed by atoms with Crippen molar-refractivity contribution in [3.8, 4) is 0 Å². The van der Waals surface area contributed by atoms with Crippen LogP contribution < -0.4 is 10.6 Å². The molecule has 0 aliphatic carbocycles. The second kappa shape index (κ2) is 9.29. The van der Waals surface area contributed by atoms with Crippen LogP contribution >= 0.6 is 23.1 Å². The van der Waals surface area contributed by atoms with E-state index in [4.69, 9.17) is 4.74 Å². The number of amides is 3. The van der Waals surface area contributed by atoms with Gasteiger partial charge in [-0.3, -0.25) is 4.79 Å². The molecule has 8 nitrogen and oxygen atoms in total. The SMILES string of the molecule is O=C(CSc1nc2ccc(NC(=O)N3CCC(O)CC3)cc2s1)N[C@@H]1CCOC1. The van der Waals surface area contributed by atoms with Crippen LogP contribution in [0.1, 0.15) is 19.3 Å². The van der Waals surface area contributed by atoms with Crippen molar-refractivity contribution >= 4 is 50.9 Å². The first-order valence-electron chi connectivity index (χ1n) is 9.71. The van der Waals surface area contributed by atoms with E-state index in [2.05, 4.69) is 15.6 Å². The first-order chi connectivity index (χ1) is 14.1. The van der Waals surface area contributed by atoms with Crippen LogP contribution in [0.2, 0.25) is 0 Å². The van der Waals surface area contributed by atoms with Gasteiger partial charge >= 0.3 is 6.03 Å². The predicted molar refractivity (Wildman–Crippen MR) is 114 cm³/mol. The standard InChI is InChI=1S/C19H24N4O4S2/c24-14-3-6-23(7-4-14)18(26)21-12-1-2-15-16(9-12)29-19(22-15)28-11-17(25)20-13-5-8-27-10-13/h1-2,9,13-14,24H,3-8,10-11H2,(H,20,25)(H,21,26)/t13-/m1/s1. The van der Waals surface area contributed by atoms with E-state index in [1.165, 1.54) is 23.1 Å². The third-order valence-electron chi connectivity index (χ3n) is 4.99. The normalized spacial score (nSPS) is 20.2. The van der Waals surface area contributed by atoms with E-state index in [1.54, 1.807) is 4.90 Å². The zero-order valence-electron chi connectivity index (χ0n) is 15.9. The molecule has 0 spiro atoms. The smallest absolute Gasteiger partial charge is 0.321 e. The molecule has 3 amide bonds. The lowest BCUT2D eigenvalue weighted by Gasteiger charge is -2.29. The van der Waals surface area contributed by atoms with Crippen LogP contribution in [0.4, 0.5) is 10.5 Å². The number of likely N-dealkylation sites (tertiary alicyclic amines) is 1. The number of hydrogen-bond acceptors (Lipinski definition) is 7. The molecule has 2 aliphatic rings. The Morgan fingerprint density at radius 2 is 2.14 bits per heavy atom. The number of anilines is 1. The molecule has 4 rings (SSSR count). The number of thiazole rings is 1. The monoisotopic (exact) mass is 436 g/mol. The Kier molecular flexibility index (Phi) is 6.53. The molecule has 156 valence electrons. The van der Waals surface area contributed by atoms with Crippen LogP contribution in [0.25, 0.3) is 10.2 Å². The van der Waals surface area contributed by atoms with Crippen LogP contribution in [0.15, 0.2) is 22.5 Å². The van der Waals surface area contributed by atoms with E-state index in [0.717, 1.165) is 21.0 Å². The van der Waals surface area contributed by atoms with E-state index >= 15 is 0 Å². The molecule has 2 aromatic rings. The number of aromatic nitrogens is 1. The number of carbonyl (C=O) groups excluding carboxylic acids is 2. The van der Waals surface area contributed by atoms with Crippen molar-refractivity contribution < 1.29 is 19.4 Å². The number of benzene rings is 1. The molecule has 2 fully saturated rings. The lowest BCUT2D eigenvalue weighted by molar-refractivity contribution is -0.119. The number of ether oxygens (including phenoxy) is 1. The summed E-state index contributed by atoms with van der Waals surface area (Å²) in [5.41, 5.74) is 1.56. The fraction of sp³-hybridized carbons (Fsp3) is 0.526. The minimum absolute atomic E-state index is 0.00985. The van der Waals surface area contributed by atoms with Crippen molar-refractivity contribution in [2.24, 2.45) is 0 Å². The van der Waals surface area contributed by atoms with Crippen LogP contribution in [0.5, 0.6) is 0 Å². The maximum absolute atomic E-state index is 12.4. The Morgan fingerprint density at radius 3 is 2.90 bits per heavy atom. The Morgan fingerprint density at radius 1 is 1.31 bits per heavy atom. The third-order valence-corrected chi connectivity index (χ3v) is 7.15. The highest BCUT2D eigenvalue weighted by atomic mass is 32.2. The number of hydrogen-bond donors (Lipinski definition) is 3. The summed E-state index contributed by atoms with van der Waals surface area (Å²) < 4.78 is 7.05. The molecule has 2 aliphatic heterocycles. The first kappa shape index (κ1) is 20.4. The third kappa shape index (κ3) is 5.39. The number of fused-ring (bicyclic) bond motifs is 1. The van der Waals surface area contributed by atoms with Crippen molar-refractivity contribution in [3.63, 3.8) is 0 Å². The highest BCUT2D eigenvalue weighted by Gasteiger charge is 2.21. The van der Waals surface area contributed by atoms with E-state index < -0.39 is 0 Å². The van der Waals surface area contributed by atoms with Gasteiger partial charge in [0.05, 0.1) is 34.7 Å². The summed E-state index contributed by atoms with van der Waals surface area (Å²) in [6.07, 6.45) is 1.79. The highest BCUT2D eigenvalue weighted by molar-refractivity contribution is 8.01. The number of nitrogens with zero attached hydrogens (tertiary/aromatic N) is 2. The average Bonchev–Trinajstić information content (AvgIpc) is 3.36. The van der Waals surface area contributed by atoms with Gasteiger partial charge in [-0.05, 0) is 37.5 Å². The summed E-state index contributed by atoms with van der Waals surface area (Å²) in [7, 11) is 0.